The van der Waals surface area contributed by atoms with Crippen LogP contribution in [0.3, 0.4) is 0 Å². The zero-order chi connectivity index (χ0) is 10.9. The first-order chi connectivity index (χ1) is 7.36. The lowest BCUT2D eigenvalue weighted by Gasteiger charge is -2.05. The SMILES string of the molecule is COCCCOCc1cccc(CN)c1. The van der Waals surface area contributed by atoms with Crippen molar-refractivity contribution in [2.45, 2.75) is 19.6 Å². The fourth-order valence-corrected chi connectivity index (χ4v) is 1.34. The maximum Gasteiger partial charge on any atom is 0.0716 e. The summed E-state index contributed by atoms with van der Waals surface area (Å²) in [6, 6.07) is 8.16. The fourth-order valence-electron chi connectivity index (χ4n) is 1.34. The van der Waals surface area contributed by atoms with E-state index in [2.05, 4.69) is 12.1 Å². The largest absolute Gasteiger partial charge is 0.385 e. The second-order valence-corrected chi connectivity index (χ2v) is 3.42. The van der Waals surface area contributed by atoms with Gasteiger partial charge in [0.05, 0.1) is 6.61 Å². The molecule has 3 nitrogen and oxygen atoms in total. The number of hydrogen-bond donors (Lipinski definition) is 1. The highest BCUT2D eigenvalue weighted by Crippen LogP contribution is 2.06. The molecule has 0 amide bonds. The van der Waals surface area contributed by atoms with Crippen LogP contribution in [0.25, 0.3) is 0 Å². The molecule has 0 aliphatic rings. The topological polar surface area (TPSA) is 44.5 Å². The number of hydrogen-bond acceptors (Lipinski definition) is 3. The molecule has 15 heavy (non-hydrogen) atoms. The lowest BCUT2D eigenvalue weighted by atomic mass is 10.1. The van der Waals surface area contributed by atoms with E-state index in [0.717, 1.165) is 25.2 Å². The van der Waals surface area contributed by atoms with E-state index < -0.39 is 0 Å². The number of ether oxygens (including phenoxy) is 2. The molecule has 0 radical (unpaired) electrons. The molecule has 0 aliphatic carbocycles. The maximum atomic E-state index is 5.56. The Hall–Kier alpha value is -0.900. The van der Waals surface area contributed by atoms with E-state index in [1.54, 1.807) is 7.11 Å². The van der Waals surface area contributed by atoms with Crippen LogP contribution in [0.4, 0.5) is 0 Å². The number of nitrogens with two attached hydrogens (primary N) is 1. The van der Waals surface area contributed by atoms with Crippen molar-refractivity contribution < 1.29 is 9.47 Å². The molecule has 0 spiro atoms. The maximum absolute atomic E-state index is 5.56. The van der Waals surface area contributed by atoms with Gasteiger partial charge in [0.15, 0.2) is 0 Å². The van der Waals surface area contributed by atoms with Crippen LogP contribution >= 0.6 is 0 Å². The highest BCUT2D eigenvalue weighted by molar-refractivity contribution is 5.22. The highest BCUT2D eigenvalue weighted by atomic mass is 16.5. The molecule has 0 fully saturated rings. The zero-order valence-electron chi connectivity index (χ0n) is 9.24. The van der Waals surface area contributed by atoms with Crippen molar-refractivity contribution in [3.8, 4) is 0 Å². The van der Waals surface area contributed by atoms with Crippen LogP contribution in [-0.2, 0) is 22.6 Å². The lowest BCUT2D eigenvalue weighted by Crippen LogP contribution is -2.01. The predicted molar refractivity (Wildman–Crippen MR) is 60.5 cm³/mol. The Bertz CT molecular complexity index is 276. The summed E-state index contributed by atoms with van der Waals surface area (Å²) in [6.45, 7) is 2.72. The normalized spacial score (nSPS) is 10.5. The quantitative estimate of drug-likeness (QED) is 0.695. The number of benzene rings is 1. The Morgan fingerprint density at radius 1 is 1.20 bits per heavy atom. The van der Waals surface area contributed by atoms with Gasteiger partial charge in [-0.3, -0.25) is 0 Å². The average Bonchev–Trinajstić information content (AvgIpc) is 2.29. The first kappa shape index (κ1) is 12.2. The van der Waals surface area contributed by atoms with Crippen LogP contribution in [0.1, 0.15) is 17.5 Å². The van der Waals surface area contributed by atoms with Gasteiger partial charge >= 0.3 is 0 Å². The van der Waals surface area contributed by atoms with Gasteiger partial charge in [0.25, 0.3) is 0 Å². The lowest BCUT2D eigenvalue weighted by molar-refractivity contribution is 0.0928. The van der Waals surface area contributed by atoms with Gasteiger partial charge in [-0.1, -0.05) is 24.3 Å². The first-order valence-electron chi connectivity index (χ1n) is 5.21. The average molecular weight is 209 g/mol. The van der Waals surface area contributed by atoms with Crippen LogP contribution in [0, 0.1) is 0 Å². The minimum absolute atomic E-state index is 0.581. The molecule has 0 bridgehead atoms. The molecule has 2 N–H and O–H groups in total. The molecule has 1 aromatic carbocycles. The van der Waals surface area contributed by atoms with Crippen LogP contribution in [0.5, 0.6) is 0 Å². The predicted octanol–water partition coefficient (Wildman–Crippen LogP) is 1.70. The van der Waals surface area contributed by atoms with Crippen molar-refractivity contribution in [1.29, 1.82) is 0 Å². The summed E-state index contributed by atoms with van der Waals surface area (Å²) in [6.07, 6.45) is 0.938. The van der Waals surface area contributed by atoms with E-state index in [1.807, 2.05) is 12.1 Å². The third-order valence-corrected chi connectivity index (χ3v) is 2.13. The molecule has 0 saturated heterocycles. The monoisotopic (exact) mass is 209 g/mol. The summed E-state index contributed by atoms with van der Waals surface area (Å²) in [5.74, 6) is 0. The van der Waals surface area contributed by atoms with Gasteiger partial charge in [-0.2, -0.15) is 0 Å². The molecular formula is C12H19NO2. The molecule has 1 rings (SSSR count). The Kier molecular flexibility index (Phi) is 6.00. The summed E-state index contributed by atoms with van der Waals surface area (Å²) in [4.78, 5) is 0. The third-order valence-electron chi connectivity index (χ3n) is 2.13. The van der Waals surface area contributed by atoms with Gasteiger partial charge in [-0.25, -0.2) is 0 Å². The third kappa shape index (κ3) is 4.93. The Labute approximate surface area is 91.2 Å². The minimum atomic E-state index is 0.581. The molecule has 0 heterocycles. The summed E-state index contributed by atoms with van der Waals surface area (Å²) < 4.78 is 10.4. The Morgan fingerprint density at radius 3 is 2.73 bits per heavy atom. The molecule has 0 unspecified atom stereocenters. The second kappa shape index (κ2) is 7.40. The van der Waals surface area contributed by atoms with E-state index in [-0.39, 0.29) is 0 Å². The van der Waals surface area contributed by atoms with Crippen molar-refractivity contribution >= 4 is 0 Å². The van der Waals surface area contributed by atoms with Crippen molar-refractivity contribution in [3.63, 3.8) is 0 Å². The molecule has 0 saturated carbocycles. The van der Waals surface area contributed by atoms with Gasteiger partial charge in [0, 0.05) is 26.9 Å². The molecule has 0 atom stereocenters. The van der Waals surface area contributed by atoms with Gasteiger partial charge < -0.3 is 15.2 Å². The fraction of sp³-hybridized carbons (Fsp3) is 0.500. The van der Waals surface area contributed by atoms with Crippen LogP contribution < -0.4 is 5.73 Å². The summed E-state index contributed by atoms with van der Waals surface area (Å²) >= 11 is 0. The van der Waals surface area contributed by atoms with Gasteiger partial charge in [-0.15, -0.1) is 0 Å². The number of methoxy groups -OCH3 is 1. The molecule has 1 aromatic rings. The highest BCUT2D eigenvalue weighted by Gasteiger charge is 1.95. The van der Waals surface area contributed by atoms with Crippen molar-refractivity contribution in [3.05, 3.63) is 35.4 Å². The van der Waals surface area contributed by atoms with Crippen LogP contribution in [-0.4, -0.2) is 20.3 Å². The van der Waals surface area contributed by atoms with E-state index >= 15 is 0 Å². The molecule has 3 heteroatoms. The minimum Gasteiger partial charge on any atom is -0.385 e. The molecular weight excluding hydrogens is 190 g/mol. The standard InChI is InChI=1S/C12H19NO2/c1-14-6-3-7-15-10-12-5-2-4-11(8-12)9-13/h2,4-5,8H,3,6-7,9-10,13H2,1H3. The van der Waals surface area contributed by atoms with E-state index in [4.69, 9.17) is 15.2 Å². The summed E-state index contributed by atoms with van der Waals surface area (Å²) in [7, 11) is 1.70. The van der Waals surface area contributed by atoms with E-state index in [1.165, 1.54) is 5.56 Å². The molecule has 0 aliphatic heterocycles. The van der Waals surface area contributed by atoms with E-state index in [0.29, 0.717) is 13.2 Å². The smallest absolute Gasteiger partial charge is 0.0716 e. The molecule has 0 aromatic heterocycles. The Balaban J connectivity index is 2.24. The number of rotatable bonds is 7. The van der Waals surface area contributed by atoms with Crippen LogP contribution in [0.2, 0.25) is 0 Å². The Morgan fingerprint density at radius 2 is 2.00 bits per heavy atom. The van der Waals surface area contributed by atoms with Gasteiger partial charge in [0.1, 0.15) is 0 Å². The summed E-state index contributed by atoms with van der Waals surface area (Å²) in [5, 5.41) is 0. The van der Waals surface area contributed by atoms with Gasteiger partial charge in [-0.05, 0) is 17.5 Å². The summed E-state index contributed by atoms with van der Waals surface area (Å²) in [5.41, 5.74) is 7.88. The first-order valence-corrected chi connectivity index (χ1v) is 5.21. The van der Waals surface area contributed by atoms with Crippen molar-refractivity contribution in [2.75, 3.05) is 20.3 Å². The van der Waals surface area contributed by atoms with Crippen molar-refractivity contribution in [1.82, 2.24) is 0 Å². The van der Waals surface area contributed by atoms with Crippen LogP contribution in [0.15, 0.2) is 24.3 Å². The van der Waals surface area contributed by atoms with E-state index in [9.17, 15) is 0 Å². The molecule has 84 valence electrons. The van der Waals surface area contributed by atoms with Gasteiger partial charge in [0.2, 0.25) is 0 Å². The van der Waals surface area contributed by atoms with Crippen molar-refractivity contribution in [2.24, 2.45) is 5.73 Å². The second-order valence-electron chi connectivity index (χ2n) is 3.42. The zero-order valence-corrected chi connectivity index (χ0v) is 9.24.